The van der Waals surface area contributed by atoms with E-state index in [1.807, 2.05) is 25.2 Å². The molecule has 0 unspecified atom stereocenters. The van der Waals surface area contributed by atoms with Crippen molar-refractivity contribution in [1.29, 1.82) is 0 Å². The SMILES string of the molecule is Cn1nc(-c2ccnnc2)c(-c2ccncc2)c1N. The molecule has 0 saturated carbocycles. The van der Waals surface area contributed by atoms with Gasteiger partial charge in [0.05, 0.1) is 18.0 Å². The molecule has 0 fully saturated rings. The van der Waals surface area contributed by atoms with Crippen molar-refractivity contribution in [2.24, 2.45) is 7.05 Å². The quantitative estimate of drug-likeness (QED) is 0.747. The normalized spacial score (nSPS) is 10.6. The van der Waals surface area contributed by atoms with Gasteiger partial charge >= 0.3 is 0 Å². The van der Waals surface area contributed by atoms with Gasteiger partial charge in [-0.1, -0.05) is 0 Å². The Morgan fingerprint density at radius 2 is 1.74 bits per heavy atom. The molecule has 3 aromatic rings. The number of rotatable bonds is 2. The van der Waals surface area contributed by atoms with Crippen LogP contribution in [-0.2, 0) is 7.05 Å². The standard InChI is InChI=1S/C13H12N6/c1-19-13(14)11(9-2-5-15-6-3-9)12(18-19)10-4-7-16-17-8-10/h2-8H,14H2,1H3. The van der Waals surface area contributed by atoms with Gasteiger partial charge < -0.3 is 5.73 Å². The Morgan fingerprint density at radius 1 is 1.00 bits per heavy atom. The second-order valence-electron chi connectivity index (χ2n) is 4.10. The molecule has 2 N–H and O–H groups in total. The van der Waals surface area contributed by atoms with Gasteiger partial charge in [0.2, 0.25) is 0 Å². The van der Waals surface area contributed by atoms with E-state index >= 15 is 0 Å². The van der Waals surface area contributed by atoms with Gasteiger partial charge in [0, 0.05) is 25.0 Å². The van der Waals surface area contributed by atoms with Crippen molar-refractivity contribution in [3.63, 3.8) is 0 Å². The molecular weight excluding hydrogens is 240 g/mol. The van der Waals surface area contributed by atoms with Gasteiger partial charge in [-0.25, -0.2) is 0 Å². The van der Waals surface area contributed by atoms with Crippen LogP contribution < -0.4 is 5.73 Å². The van der Waals surface area contributed by atoms with Gasteiger partial charge in [-0.2, -0.15) is 15.3 Å². The third-order valence-corrected chi connectivity index (χ3v) is 2.92. The Hall–Kier alpha value is -2.76. The average molecular weight is 252 g/mol. The fraction of sp³-hybridized carbons (Fsp3) is 0.0769. The summed E-state index contributed by atoms with van der Waals surface area (Å²) in [5.74, 6) is 0.609. The van der Waals surface area contributed by atoms with Crippen molar-refractivity contribution in [3.8, 4) is 22.4 Å². The minimum atomic E-state index is 0.609. The summed E-state index contributed by atoms with van der Waals surface area (Å²) < 4.78 is 1.66. The highest BCUT2D eigenvalue weighted by Gasteiger charge is 2.17. The van der Waals surface area contributed by atoms with E-state index in [1.165, 1.54) is 0 Å². The van der Waals surface area contributed by atoms with Gasteiger partial charge in [-0.05, 0) is 23.8 Å². The van der Waals surface area contributed by atoms with Crippen molar-refractivity contribution in [2.45, 2.75) is 0 Å². The topological polar surface area (TPSA) is 82.5 Å². The van der Waals surface area contributed by atoms with E-state index in [0.29, 0.717) is 5.82 Å². The lowest BCUT2D eigenvalue weighted by atomic mass is 10.0. The van der Waals surface area contributed by atoms with E-state index in [-0.39, 0.29) is 0 Å². The van der Waals surface area contributed by atoms with Crippen LogP contribution in [0.5, 0.6) is 0 Å². The van der Waals surface area contributed by atoms with Crippen LogP contribution in [-0.4, -0.2) is 25.0 Å². The van der Waals surface area contributed by atoms with Gasteiger partial charge in [0.15, 0.2) is 0 Å². The third-order valence-electron chi connectivity index (χ3n) is 2.92. The highest BCUT2D eigenvalue weighted by molar-refractivity contribution is 5.87. The predicted molar refractivity (Wildman–Crippen MR) is 71.9 cm³/mol. The maximum atomic E-state index is 6.12. The van der Waals surface area contributed by atoms with Crippen LogP contribution in [0.25, 0.3) is 22.4 Å². The zero-order chi connectivity index (χ0) is 13.2. The van der Waals surface area contributed by atoms with Crippen LogP contribution in [0.2, 0.25) is 0 Å². The van der Waals surface area contributed by atoms with Gasteiger partial charge in [-0.15, -0.1) is 0 Å². The summed E-state index contributed by atoms with van der Waals surface area (Å²) in [6.45, 7) is 0. The Balaban J connectivity index is 2.25. The average Bonchev–Trinajstić information content (AvgIpc) is 2.77. The number of nitrogens with zero attached hydrogens (tertiary/aromatic N) is 5. The molecule has 0 saturated heterocycles. The van der Waals surface area contributed by atoms with Crippen LogP contribution in [0.1, 0.15) is 0 Å². The van der Waals surface area contributed by atoms with Gasteiger partial charge in [0.25, 0.3) is 0 Å². The fourth-order valence-electron chi connectivity index (χ4n) is 1.97. The first-order valence-electron chi connectivity index (χ1n) is 5.77. The molecule has 3 rings (SSSR count). The molecule has 0 aliphatic rings. The van der Waals surface area contributed by atoms with Crippen molar-refractivity contribution >= 4 is 5.82 Å². The number of aromatic nitrogens is 5. The lowest BCUT2D eigenvalue weighted by Gasteiger charge is -2.03. The molecule has 0 atom stereocenters. The molecule has 0 bridgehead atoms. The first-order chi connectivity index (χ1) is 9.27. The summed E-state index contributed by atoms with van der Waals surface area (Å²) in [6, 6.07) is 5.68. The maximum absolute atomic E-state index is 6.12. The van der Waals surface area contributed by atoms with Crippen LogP contribution >= 0.6 is 0 Å². The second kappa shape index (κ2) is 4.49. The van der Waals surface area contributed by atoms with E-state index < -0.39 is 0 Å². The molecule has 0 amide bonds. The first-order valence-corrected chi connectivity index (χ1v) is 5.77. The summed E-state index contributed by atoms with van der Waals surface area (Å²) in [5, 5.41) is 12.1. The number of pyridine rings is 1. The Morgan fingerprint density at radius 3 is 2.42 bits per heavy atom. The molecule has 94 valence electrons. The van der Waals surface area contributed by atoms with Crippen molar-refractivity contribution in [2.75, 3.05) is 5.73 Å². The molecule has 0 aliphatic heterocycles. The molecular formula is C13H12N6. The van der Waals surface area contributed by atoms with Crippen LogP contribution in [0.4, 0.5) is 5.82 Å². The zero-order valence-corrected chi connectivity index (χ0v) is 10.4. The van der Waals surface area contributed by atoms with Crippen LogP contribution in [0, 0.1) is 0 Å². The number of hydrogen-bond donors (Lipinski definition) is 1. The van der Waals surface area contributed by atoms with E-state index in [9.17, 15) is 0 Å². The molecule has 0 spiro atoms. The maximum Gasteiger partial charge on any atom is 0.129 e. The van der Waals surface area contributed by atoms with Crippen molar-refractivity contribution < 1.29 is 0 Å². The largest absolute Gasteiger partial charge is 0.383 e. The zero-order valence-electron chi connectivity index (χ0n) is 10.4. The Kier molecular flexibility index (Phi) is 2.68. The number of nitrogens with two attached hydrogens (primary N) is 1. The monoisotopic (exact) mass is 252 g/mol. The minimum absolute atomic E-state index is 0.609. The number of anilines is 1. The van der Waals surface area contributed by atoms with Gasteiger partial charge in [0.1, 0.15) is 11.5 Å². The minimum Gasteiger partial charge on any atom is -0.383 e. The number of hydrogen-bond acceptors (Lipinski definition) is 5. The Labute approximate surface area is 109 Å². The van der Waals surface area contributed by atoms with Crippen LogP contribution in [0.3, 0.4) is 0 Å². The number of nitrogen functional groups attached to an aromatic ring is 1. The molecule has 3 aromatic heterocycles. The third kappa shape index (κ3) is 1.93. The van der Waals surface area contributed by atoms with Crippen LogP contribution in [0.15, 0.2) is 43.0 Å². The lowest BCUT2D eigenvalue weighted by Crippen LogP contribution is -1.97. The smallest absolute Gasteiger partial charge is 0.129 e. The summed E-state index contributed by atoms with van der Waals surface area (Å²) in [6.07, 6.45) is 6.77. The highest BCUT2D eigenvalue weighted by Crippen LogP contribution is 2.34. The fourth-order valence-corrected chi connectivity index (χ4v) is 1.97. The molecule has 0 radical (unpaired) electrons. The molecule has 3 heterocycles. The lowest BCUT2D eigenvalue weighted by molar-refractivity contribution is 0.782. The molecule has 19 heavy (non-hydrogen) atoms. The summed E-state index contributed by atoms with van der Waals surface area (Å²) >= 11 is 0. The predicted octanol–water partition coefficient (Wildman–Crippen LogP) is 1.52. The molecule has 6 nitrogen and oxygen atoms in total. The Bertz CT molecular complexity index is 690. The second-order valence-corrected chi connectivity index (χ2v) is 4.10. The van der Waals surface area contributed by atoms with E-state index in [0.717, 1.165) is 22.4 Å². The molecule has 0 aliphatic carbocycles. The van der Waals surface area contributed by atoms with E-state index in [2.05, 4.69) is 20.3 Å². The van der Waals surface area contributed by atoms with E-state index in [1.54, 1.807) is 29.5 Å². The highest BCUT2D eigenvalue weighted by atomic mass is 15.3. The van der Waals surface area contributed by atoms with Gasteiger partial charge in [-0.3, -0.25) is 9.67 Å². The summed E-state index contributed by atoms with van der Waals surface area (Å²) in [7, 11) is 1.82. The summed E-state index contributed by atoms with van der Waals surface area (Å²) in [4.78, 5) is 4.02. The molecule has 0 aromatic carbocycles. The number of aryl methyl sites for hydroxylation is 1. The van der Waals surface area contributed by atoms with E-state index in [4.69, 9.17) is 5.73 Å². The molecule has 6 heteroatoms. The first kappa shape index (κ1) is 11.3. The summed E-state index contributed by atoms with van der Waals surface area (Å²) in [5.41, 5.74) is 9.66. The van der Waals surface area contributed by atoms with Crippen molar-refractivity contribution in [3.05, 3.63) is 43.0 Å². The van der Waals surface area contributed by atoms with Crippen molar-refractivity contribution in [1.82, 2.24) is 25.0 Å².